The monoisotopic (exact) mass is 423 g/mol. The lowest BCUT2D eigenvalue weighted by molar-refractivity contribution is -0.659. The molecule has 2 nitrogen and oxygen atoms in total. The minimum Gasteiger partial charge on any atom is -0.343 e. The van der Waals surface area contributed by atoms with Gasteiger partial charge in [0.05, 0.1) is 30.4 Å². The molecule has 0 bridgehead atoms. The molecule has 0 radical (unpaired) electrons. The Kier molecular flexibility index (Phi) is 3.81. The lowest BCUT2D eigenvalue weighted by Crippen LogP contribution is -2.39. The van der Waals surface area contributed by atoms with E-state index >= 15 is 0 Å². The van der Waals surface area contributed by atoms with Gasteiger partial charge in [0.1, 0.15) is 7.05 Å². The van der Waals surface area contributed by atoms with Gasteiger partial charge in [-0.1, -0.05) is 49.1 Å². The smallest absolute Gasteiger partial charge is 0.224 e. The van der Waals surface area contributed by atoms with Gasteiger partial charge in [0.25, 0.3) is 0 Å². The van der Waals surface area contributed by atoms with Crippen LogP contribution in [0.3, 0.4) is 0 Å². The highest BCUT2D eigenvalue weighted by Crippen LogP contribution is 2.52. The van der Waals surface area contributed by atoms with Crippen LogP contribution in [0.5, 0.6) is 0 Å². The van der Waals surface area contributed by atoms with Gasteiger partial charge in [0.15, 0.2) is 6.20 Å². The highest BCUT2D eigenvalue weighted by Gasteiger charge is 2.35. The van der Waals surface area contributed by atoms with Crippen LogP contribution >= 0.6 is 0 Å². The fourth-order valence-electron chi connectivity index (χ4n) is 6.02. The maximum Gasteiger partial charge on any atom is 0.224 e. The summed E-state index contributed by atoms with van der Waals surface area (Å²) >= 11 is 0. The number of anilines is 2. The SMILES string of the molecule is Cc1c2c(c3c4c(cccc14)CCC3)N(C)c1cc([Si](C)(C)C)cc3cc[n+](C)c-2c13. The zero-order valence-electron chi connectivity index (χ0n) is 19.6. The molecule has 3 aromatic carbocycles. The van der Waals surface area contributed by atoms with Crippen molar-refractivity contribution < 1.29 is 4.57 Å². The van der Waals surface area contributed by atoms with Crippen LogP contribution in [0.1, 0.15) is 23.1 Å². The molecular weight excluding hydrogens is 392 g/mol. The van der Waals surface area contributed by atoms with Crippen molar-refractivity contribution >= 4 is 46.2 Å². The summed E-state index contributed by atoms with van der Waals surface area (Å²) in [7, 11) is 3.08. The molecule has 6 rings (SSSR count). The zero-order valence-corrected chi connectivity index (χ0v) is 20.6. The molecule has 0 fully saturated rings. The number of hydrogen-bond donors (Lipinski definition) is 0. The molecule has 0 unspecified atom stereocenters. The average Bonchev–Trinajstić information content (AvgIpc) is 2.74. The molecular formula is C28H31N2Si+. The summed E-state index contributed by atoms with van der Waals surface area (Å²) in [6.45, 7) is 9.70. The van der Waals surface area contributed by atoms with E-state index in [0.717, 1.165) is 0 Å². The van der Waals surface area contributed by atoms with Crippen LogP contribution in [0.15, 0.2) is 42.6 Å². The molecule has 31 heavy (non-hydrogen) atoms. The molecule has 0 N–H and O–H groups in total. The van der Waals surface area contributed by atoms with E-state index in [4.69, 9.17) is 0 Å². The Morgan fingerprint density at radius 1 is 1.00 bits per heavy atom. The molecule has 0 spiro atoms. The van der Waals surface area contributed by atoms with Gasteiger partial charge in [-0.05, 0) is 65.1 Å². The van der Waals surface area contributed by atoms with Crippen LogP contribution in [-0.4, -0.2) is 15.1 Å². The first-order valence-electron chi connectivity index (χ1n) is 11.6. The number of aryl methyl sites for hydroxylation is 4. The Labute approximate surface area is 186 Å². The molecule has 1 aliphatic carbocycles. The van der Waals surface area contributed by atoms with E-state index in [-0.39, 0.29) is 0 Å². The second-order valence-electron chi connectivity index (χ2n) is 10.6. The minimum absolute atomic E-state index is 1.17. The van der Waals surface area contributed by atoms with Crippen molar-refractivity contribution in [2.24, 2.45) is 7.05 Å². The third-order valence-electron chi connectivity index (χ3n) is 7.64. The summed E-state index contributed by atoms with van der Waals surface area (Å²) in [5, 5.41) is 7.29. The molecule has 0 amide bonds. The topological polar surface area (TPSA) is 7.12 Å². The van der Waals surface area contributed by atoms with E-state index in [1.807, 2.05) is 0 Å². The van der Waals surface area contributed by atoms with Crippen molar-refractivity contribution in [3.63, 3.8) is 0 Å². The van der Waals surface area contributed by atoms with Crippen molar-refractivity contribution in [2.75, 3.05) is 11.9 Å². The Morgan fingerprint density at radius 3 is 2.58 bits per heavy atom. The summed E-state index contributed by atoms with van der Waals surface area (Å²) in [4.78, 5) is 2.53. The van der Waals surface area contributed by atoms with Gasteiger partial charge in [-0.25, -0.2) is 4.57 Å². The summed E-state index contributed by atoms with van der Waals surface area (Å²) in [6, 6.07) is 14.2. The Balaban J connectivity index is 1.84. The van der Waals surface area contributed by atoms with Gasteiger partial charge in [0.2, 0.25) is 5.69 Å². The highest BCUT2D eigenvalue weighted by atomic mass is 28.3. The zero-order chi connectivity index (χ0) is 21.7. The van der Waals surface area contributed by atoms with Crippen molar-refractivity contribution in [2.45, 2.75) is 45.8 Å². The molecule has 2 heterocycles. The number of nitrogens with zero attached hydrogens (tertiary/aromatic N) is 2. The van der Waals surface area contributed by atoms with Crippen molar-refractivity contribution in [1.82, 2.24) is 0 Å². The van der Waals surface area contributed by atoms with Crippen LogP contribution in [0.4, 0.5) is 11.4 Å². The molecule has 1 aliphatic heterocycles. The van der Waals surface area contributed by atoms with E-state index in [1.54, 1.807) is 5.56 Å². The Morgan fingerprint density at radius 2 is 1.81 bits per heavy atom. The van der Waals surface area contributed by atoms with Gasteiger partial charge in [-0.15, -0.1) is 0 Å². The van der Waals surface area contributed by atoms with Crippen LogP contribution in [0, 0.1) is 6.92 Å². The quantitative estimate of drug-likeness (QED) is 0.273. The molecule has 156 valence electrons. The van der Waals surface area contributed by atoms with Crippen LogP contribution < -0.4 is 14.7 Å². The summed E-state index contributed by atoms with van der Waals surface area (Å²) < 4.78 is 2.35. The van der Waals surface area contributed by atoms with Crippen LogP contribution in [-0.2, 0) is 19.9 Å². The van der Waals surface area contributed by atoms with E-state index in [9.17, 15) is 0 Å². The minimum atomic E-state index is -1.43. The van der Waals surface area contributed by atoms with E-state index in [2.05, 4.69) is 92.7 Å². The number of hydrogen-bond acceptors (Lipinski definition) is 1. The maximum atomic E-state index is 2.53. The number of rotatable bonds is 1. The Bertz CT molecular complexity index is 1430. The maximum absolute atomic E-state index is 2.53. The van der Waals surface area contributed by atoms with Gasteiger partial charge < -0.3 is 4.90 Å². The molecule has 1 aromatic heterocycles. The van der Waals surface area contributed by atoms with Crippen LogP contribution in [0.2, 0.25) is 19.6 Å². The predicted molar refractivity (Wildman–Crippen MR) is 136 cm³/mol. The van der Waals surface area contributed by atoms with Crippen LogP contribution in [0.25, 0.3) is 32.8 Å². The fourth-order valence-corrected chi connectivity index (χ4v) is 7.18. The van der Waals surface area contributed by atoms with E-state index < -0.39 is 8.07 Å². The lowest BCUT2D eigenvalue weighted by Gasteiger charge is -2.35. The summed E-state index contributed by atoms with van der Waals surface area (Å²) in [6.07, 6.45) is 5.87. The largest absolute Gasteiger partial charge is 0.343 e. The van der Waals surface area contributed by atoms with Gasteiger partial charge in [-0.2, -0.15) is 0 Å². The van der Waals surface area contributed by atoms with Crippen molar-refractivity contribution in [3.05, 3.63) is 59.3 Å². The normalized spacial score (nSPS) is 15.0. The summed E-state index contributed by atoms with van der Waals surface area (Å²) in [5.74, 6) is 0. The standard InChI is InChI=1S/C28H31N2Si/c1-17-21-11-7-9-18-10-8-12-22(25(18)21)27-24(17)28-26-19(13-14-29(28)2)15-20(31(4,5)6)16-23(26)30(27)3/h7,9,11,13-16H,8,10,12H2,1-6H3/q+1. The van der Waals surface area contributed by atoms with Crippen molar-refractivity contribution in [3.8, 4) is 11.3 Å². The second-order valence-corrected chi connectivity index (χ2v) is 15.6. The molecule has 0 saturated heterocycles. The average molecular weight is 424 g/mol. The number of pyridine rings is 1. The van der Waals surface area contributed by atoms with Gasteiger partial charge in [-0.3, -0.25) is 0 Å². The Hall–Kier alpha value is -2.65. The molecule has 2 aliphatic rings. The van der Waals surface area contributed by atoms with Crippen molar-refractivity contribution in [1.29, 1.82) is 0 Å². The summed E-state index contributed by atoms with van der Waals surface area (Å²) in [5.41, 5.74) is 10.2. The first kappa shape index (κ1) is 19.1. The third-order valence-corrected chi connectivity index (χ3v) is 9.66. The number of benzene rings is 3. The molecule has 0 saturated carbocycles. The lowest BCUT2D eigenvalue weighted by atomic mass is 9.80. The van der Waals surface area contributed by atoms with Gasteiger partial charge in [0, 0.05) is 13.1 Å². The molecule has 4 aromatic rings. The van der Waals surface area contributed by atoms with E-state index in [0.29, 0.717) is 0 Å². The second kappa shape index (κ2) is 6.20. The highest BCUT2D eigenvalue weighted by molar-refractivity contribution is 6.89. The first-order chi connectivity index (χ1) is 14.8. The predicted octanol–water partition coefficient (Wildman–Crippen LogP) is 5.91. The number of aromatic nitrogens is 1. The van der Waals surface area contributed by atoms with Gasteiger partial charge >= 0.3 is 0 Å². The molecule has 3 heteroatoms. The fraction of sp³-hybridized carbons (Fsp3) is 0.321. The first-order valence-corrected chi connectivity index (χ1v) is 15.1. The number of fused-ring (bicyclic) bond motifs is 3. The van der Waals surface area contributed by atoms with E-state index in [1.165, 1.54) is 79.8 Å². The third kappa shape index (κ3) is 2.47. The molecule has 0 atom stereocenters.